The van der Waals surface area contributed by atoms with Crippen molar-refractivity contribution in [2.75, 3.05) is 31.2 Å². The number of rotatable bonds is 6. The monoisotopic (exact) mass is 474 g/mol. The summed E-state index contributed by atoms with van der Waals surface area (Å²) in [6.07, 6.45) is 5.03. The number of benzene rings is 2. The van der Waals surface area contributed by atoms with Crippen molar-refractivity contribution in [3.63, 3.8) is 0 Å². The van der Waals surface area contributed by atoms with Crippen LogP contribution in [0.4, 0.5) is 5.95 Å². The van der Waals surface area contributed by atoms with E-state index in [0.29, 0.717) is 30.4 Å². The van der Waals surface area contributed by atoms with Crippen LogP contribution >= 0.6 is 11.6 Å². The Balaban J connectivity index is 1.30. The quantitative estimate of drug-likeness (QED) is 0.489. The molecule has 2 heterocycles. The number of anilines is 1. The molecule has 0 spiro atoms. The molecule has 0 bridgehead atoms. The van der Waals surface area contributed by atoms with Gasteiger partial charge in [-0.15, -0.1) is 0 Å². The van der Waals surface area contributed by atoms with Crippen LogP contribution in [0.3, 0.4) is 0 Å². The molecule has 1 saturated heterocycles. The molecule has 1 aliphatic heterocycles. The summed E-state index contributed by atoms with van der Waals surface area (Å²) in [6, 6.07) is 16.5. The number of hydrogen-bond donors (Lipinski definition) is 0. The van der Waals surface area contributed by atoms with E-state index >= 15 is 0 Å². The normalized spacial score (nSPS) is 17.0. The predicted octanol–water partition coefficient (Wildman–Crippen LogP) is 5.20. The molecule has 1 aromatic heterocycles. The van der Waals surface area contributed by atoms with E-state index in [0.717, 1.165) is 60.9 Å². The van der Waals surface area contributed by atoms with Gasteiger partial charge >= 0.3 is 0 Å². The molecule has 7 heteroatoms. The van der Waals surface area contributed by atoms with Crippen LogP contribution < -0.4 is 9.64 Å². The largest absolute Gasteiger partial charge is 0.487 e. The Kier molecular flexibility index (Phi) is 6.40. The summed E-state index contributed by atoms with van der Waals surface area (Å²) < 4.78 is 11.4. The van der Waals surface area contributed by atoms with Gasteiger partial charge in [-0.2, -0.15) is 5.26 Å². The average molecular weight is 475 g/mol. The van der Waals surface area contributed by atoms with Gasteiger partial charge in [0.25, 0.3) is 0 Å². The highest BCUT2D eigenvalue weighted by Gasteiger charge is 2.40. The molecule has 0 atom stereocenters. The summed E-state index contributed by atoms with van der Waals surface area (Å²) in [5.74, 6) is 1.52. The molecular weight excluding hydrogens is 448 g/mol. The molecule has 174 valence electrons. The van der Waals surface area contributed by atoms with E-state index in [2.05, 4.69) is 33.1 Å². The molecule has 5 rings (SSSR count). The van der Waals surface area contributed by atoms with E-state index in [4.69, 9.17) is 21.1 Å². The van der Waals surface area contributed by atoms with Gasteiger partial charge in [0.15, 0.2) is 0 Å². The van der Waals surface area contributed by atoms with Crippen molar-refractivity contribution in [2.24, 2.45) is 0 Å². The third kappa shape index (κ3) is 4.34. The number of morpholine rings is 1. The zero-order valence-electron chi connectivity index (χ0n) is 19.3. The fraction of sp³-hybridized carbons (Fsp3) is 0.370. The number of nitriles is 1. The van der Waals surface area contributed by atoms with E-state index in [1.807, 2.05) is 37.3 Å². The minimum atomic E-state index is -0.0960. The maximum atomic E-state index is 9.53. The highest BCUT2D eigenvalue weighted by molar-refractivity contribution is 6.31. The Labute approximate surface area is 205 Å². The van der Waals surface area contributed by atoms with Gasteiger partial charge in [0, 0.05) is 29.7 Å². The van der Waals surface area contributed by atoms with E-state index in [1.54, 1.807) is 6.20 Å². The summed E-state index contributed by atoms with van der Waals surface area (Å²) in [7, 11) is 0. The van der Waals surface area contributed by atoms with Gasteiger partial charge in [0.05, 0.1) is 30.5 Å². The van der Waals surface area contributed by atoms with Crippen molar-refractivity contribution < 1.29 is 9.47 Å². The van der Waals surface area contributed by atoms with Crippen LogP contribution in [0.1, 0.15) is 47.2 Å². The van der Waals surface area contributed by atoms with E-state index in [1.165, 1.54) is 5.56 Å². The Morgan fingerprint density at radius 1 is 1.12 bits per heavy atom. The highest BCUT2D eigenvalue weighted by atomic mass is 35.5. The summed E-state index contributed by atoms with van der Waals surface area (Å²) in [5, 5.41) is 10.2. The summed E-state index contributed by atoms with van der Waals surface area (Å²) in [4.78, 5) is 11.2. The van der Waals surface area contributed by atoms with Crippen molar-refractivity contribution in [3.05, 3.63) is 81.6 Å². The fourth-order valence-corrected chi connectivity index (χ4v) is 4.97. The predicted molar refractivity (Wildman–Crippen MR) is 131 cm³/mol. The van der Waals surface area contributed by atoms with Crippen LogP contribution in [0.5, 0.6) is 5.75 Å². The lowest BCUT2D eigenvalue weighted by atomic mass is 9.60. The molecular formula is C27H27ClN4O2. The Hall–Kier alpha value is -3.14. The molecule has 2 aromatic carbocycles. The molecule has 0 radical (unpaired) electrons. The van der Waals surface area contributed by atoms with Gasteiger partial charge in [-0.25, -0.2) is 9.97 Å². The van der Waals surface area contributed by atoms with Crippen molar-refractivity contribution >= 4 is 17.5 Å². The topological polar surface area (TPSA) is 71.3 Å². The number of halogens is 1. The molecule has 2 aliphatic rings. The molecule has 0 N–H and O–H groups in total. The van der Waals surface area contributed by atoms with Crippen molar-refractivity contribution in [1.29, 1.82) is 5.26 Å². The number of nitrogens with zero attached hydrogens (tertiary/aromatic N) is 4. The first-order valence-electron chi connectivity index (χ1n) is 11.7. The van der Waals surface area contributed by atoms with Crippen LogP contribution in [0.15, 0.2) is 48.7 Å². The minimum absolute atomic E-state index is 0.0960. The number of aromatic nitrogens is 2. The van der Waals surface area contributed by atoms with Crippen LogP contribution in [0.2, 0.25) is 5.02 Å². The smallest absolute Gasteiger partial charge is 0.225 e. The Morgan fingerprint density at radius 3 is 2.56 bits per heavy atom. The molecule has 34 heavy (non-hydrogen) atoms. The average Bonchev–Trinajstić information content (AvgIpc) is 2.85. The summed E-state index contributed by atoms with van der Waals surface area (Å²) in [6.45, 7) is 5.27. The fourth-order valence-electron chi connectivity index (χ4n) is 4.75. The third-order valence-electron chi connectivity index (χ3n) is 7.01. The molecule has 1 aliphatic carbocycles. The lowest BCUT2D eigenvalue weighted by molar-refractivity contribution is 0.122. The van der Waals surface area contributed by atoms with Crippen molar-refractivity contribution in [2.45, 2.75) is 38.2 Å². The van der Waals surface area contributed by atoms with Crippen LogP contribution in [-0.2, 0) is 16.8 Å². The van der Waals surface area contributed by atoms with Gasteiger partial charge < -0.3 is 14.4 Å². The molecule has 0 amide bonds. The van der Waals surface area contributed by atoms with Crippen LogP contribution in [-0.4, -0.2) is 36.3 Å². The first-order valence-corrected chi connectivity index (χ1v) is 12.1. The first kappa shape index (κ1) is 22.6. The first-order chi connectivity index (χ1) is 16.6. The van der Waals surface area contributed by atoms with Crippen LogP contribution in [0, 0.1) is 18.3 Å². The summed E-state index contributed by atoms with van der Waals surface area (Å²) in [5.41, 5.74) is 4.58. The maximum Gasteiger partial charge on any atom is 0.225 e. The Bertz CT molecular complexity index is 1210. The SMILES string of the molecule is Cc1c(Cl)cc(C2(c3ccc(OCc4ccnc(N5CCOCC5)n4)cc3)CCC2)cc1C#N. The van der Waals surface area contributed by atoms with Gasteiger partial charge in [0.1, 0.15) is 12.4 Å². The number of hydrogen-bond acceptors (Lipinski definition) is 6. The Morgan fingerprint density at radius 2 is 1.88 bits per heavy atom. The minimum Gasteiger partial charge on any atom is -0.487 e. The number of ether oxygens (including phenoxy) is 2. The molecule has 1 saturated carbocycles. The lowest BCUT2D eigenvalue weighted by Gasteiger charge is -2.43. The van der Waals surface area contributed by atoms with Gasteiger partial charge in [-0.3, -0.25) is 0 Å². The summed E-state index contributed by atoms with van der Waals surface area (Å²) >= 11 is 6.47. The van der Waals surface area contributed by atoms with Crippen molar-refractivity contribution in [1.82, 2.24) is 9.97 Å². The molecule has 6 nitrogen and oxygen atoms in total. The van der Waals surface area contributed by atoms with Crippen LogP contribution in [0.25, 0.3) is 0 Å². The highest BCUT2D eigenvalue weighted by Crippen LogP contribution is 2.50. The molecule has 2 fully saturated rings. The second-order valence-corrected chi connectivity index (χ2v) is 9.35. The second-order valence-electron chi connectivity index (χ2n) is 8.94. The molecule has 3 aromatic rings. The van der Waals surface area contributed by atoms with Gasteiger partial charge in [-0.05, 0) is 66.8 Å². The van der Waals surface area contributed by atoms with E-state index < -0.39 is 0 Å². The molecule has 0 unspecified atom stereocenters. The standard InChI is InChI=1S/C27H27ClN4O2/c1-19-20(17-29)15-22(16-25(19)28)27(8-2-9-27)21-3-5-24(6-4-21)34-18-23-7-10-30-26(31-23)32-11-13-33-14-12-32/h3-7,10,15-16H,2,8-9,11-14,18H2,1H3. The van der Waals surface area contributed by atoms with E-state index in [-0.39, 0.29) is 5.41 Å². The second kappa shape index (κ2) is 9.61. The van der Waals surface area contributed by atoms with Gasteiger partial charge in [-0.1, -0.05) is 30.2 Å². The zero-order chi connectivity index (χ0) is 23.5. The maximum absolute atomic E-state index is 9.53. The van der Waals surface area contributed by atoms with Gasteiger partial charge in [0.2, 0.25) is 5.95 Å². The van der Waals surface area contributed by atoms with Crippen molar-refractivity contribution in [3.8, 4) is 11.8 Å². The zero-order valence-corrected chi connectivity index (χ0v) is 20.0. The van der Waals surface area contributed by atoms with E-state index in [9.17, 15) is 5.26 Å². The third-order valence-corrected chi connectivity index (χ3v) is 7.41. The lowest BCUT2D eigenvalue weighted by Crippen LogP contribution is -2.37.